The number of benzene rings is 2. The van der Waals surface area contributed by atoms with Gasteiger partial charge in [-0.1, -0.05) is 6.07 Å². The largest absolute Gasteiger partial charge is 0.497 e. The van der Waals surface area contributed by atoms with Crippen molar-refractivity contribution in [2.24, 2.45) is 0 Å². The molecule has 0 fully saturated rings. The maximum absolute atomic E-state index is 12.7. The number of nitrogens with one attached hydrogen (secondary N) is 1. The third kappa shape index (κ3) is 4.03. The lowest BCUT2D eigenvalue weighted by Gasteiger charge is -2.14. The first-order valence-electron chi connectivity index (χ1n) is 8.20. The Hall–Kier alpha value is -3.06. The highest BCUT2D eigenvalue weighted by Gasteiger charge is 2.17. The second-order valence-electron chi connectivity index (χ2n) is 5.89. The monoisotopic (exact) mass is 384 g/mol. The highest BCUT2D eigenvalue weighted by molar-refractivity contribution is 7.92. The number of sulfonamides is 1. The minimum absolute atomic E-state index is 0.119. The maximum Gasteiger partial charge on any atom is 0.262 e. The van der Waals surface area contributed by atoms with Crippen LogP contribution in [0.15, 0.2) is 65.8 Å². The van der Waals surface area contributed by atoms with Crippen molar-refractivity contribution in [1.82, 2.24) is 4.98 Å². The number of methoxy groups -OCH3 is 2. The summed E-state index contributed by atoms with van der Waals surface area (Å²) in [6, 6.07) is 13.4. The van der Waals surface area contributed by atoms with Crippen molar-refractivity contribution >= 4 is 15.7 Å². The first-order chi connectivity index (χ1) is 12.9. The number of anilines is 1. The number of aromatic nitrogens is 1. The van der Waals surface area contributed by atoms with Gasteiger partial charge in [0, 0.05) is 35.7 Å². The van der Waals surface area contributed by atoms with Crippen molar-refractivity contribution < 1.29 is 17.9 Å². The van der Waals surface area contributed by atoms with Crippen LogP contribution in [-0.4, -0.2) is 27.6 Å². The lowest BCUT2D eigenvalue weighted by Crippen LogP contribution is -2.13. The molecule has 1 N–H and O–H groups in total. The minimum atomic E-state index is -3.75. The van der Waals surface area contributed by atoms with E-state index in [0.717, 1.165) is 16.7 Å². The number of hydrogen-bond donors (Lipinski definition) is 1. The van der Waals surface area contributed by atoms with E-state index in [1.54, 1.807) is 43.8 Å². The molecule has 3 rings (SSSR count). The molecule has 0 spiro atoms. The summed E-state index contributed by atoms with van der Waals surface area (Å²) in [5, 5.41) is 0. The van der Waals surface area contributed by atoms with Gasteiger partial charge in [-0.15, -0.1) is 0 Å². The van der Waals surface area contributed by atoms with Crippen molar-refractivity contribution in [2.75, 3.05) is 18.9 Å². The standard InChI is InChI=1S/C20H20N2O4S/c1-14-9-10-21-13-19(14)18-8-7-15(11-20(18)26-3)22-27(23,24)17-6-4-5-16(12-17)25-2/h4-13,22H,1-3H3. The Kier molecular flexibility index (Phi) is 5.32. The molecule has 0 saturated carbocycles. The Morgan fingerprint density at radius 1 is 0.963 bits per heavy atom. The van der Waals surface area contributed by atoms with Crippen LogP contribution in [-0.2, 0) is 10.0 Å². The van der Waals surface area contributed by atoms with Crippen LogP contribution in [0.3, 0.4) is 0 Å². The summed E-state index contributed by atoms with van der Waals surface area (Å²) >= 11 is 0. The summed E-state index contributed by atoms with van der Waals surface area (Å²) in [5.41, 5.74) is 3.22. The van der Waals surface area contributed by atoms with Gasteiger partial charge in [-0.2, -0.15) is 0 Å². The van der Waals surface area contributed by atoms with Gasteiger partial charge in [0.25, 0.3) is 10.0 Å². The first kappa shape index (κ1) is 18.7. The zero-order valence-corrected chi connectivity index (χ0v) is 16.1. The predicted molar refractivity (Wildman–Crippen MR) is 105 cm³/mol. The zero-order valence-electron chi connectivity index (χ0n) is 15.3. The van der Waals surface area contributed by atoms with Gasteiger partial charge >= 0.3 is 0 Å². The van der Waals surface area contributed by atoms with Gasteiger partial charge in [0.1, 0.15) is 11.5 Å². The fourth-order valence-corrected chi connectivity index (χ4v) is 3.79. The lowest BCUT2D eigenvalue weighted by molar-refractivity contribution is 0.413. The van der Waals surface area contributed by atoms with Crippen LogP contribution in [0.25, 0.3) is 11.1 Å². The van der Waals surface area contributed by atoms with Crippen molar-refractivity contribution in [3.63, 3.8) is 0 Å². The Balaban J connectivity index is 1.95. The molecule has 1 aromatic heterocycles. The van der Waals surface area contributed by atoms with E-state index >= 15 is 0 Å². The van der Waals surface area contributed by atoms with Crippen LogP contribution in [0, 0.1) is 6.92 Å². The molecule has 6 nitrogen and oxygen atoms in total. The van der Waals surface area contributed by atoms with E-state index in [9.17, 15) is 8.42 Å². The number of hydrogen-bond acceptors (Lipinski definition) is 5. The van der Waals surface area contributed by atoms with Crippen LogP contribution < -0.4 is 14.2 Å². The van der Waals surface area contributed by atoms with Crippen molar-refractivity contribution in [3.05, 3.63) is 66.5 Å². The lowest BCUT2D eigenvalue weighted by atomic mass is 10.0. The highest BCUT2D eigenvalue weighted by Crippen LogP contribution is 2.34. The number of nitrogens with zero attached hydrogens (tertiary/aromatic N) is 1. The first-order valence-corrected chi connectivity index (χ1v) is 9.69. The van der Waals surface area contributed by atoms with Crippen LogP contribution >= 0.6 is 0 Å². The van der Waals surface area contributed by atoms with Crippen molar-refractivity contribution in [3.8, 4) is 22.6 Å². The minimum Gasteiger partial charge on any atom is -0.497 e. The molecule has 3 aromatic rings. The Morgan fingerprint density at radius 2 is 1.78 bits per heavy atom. The number of rotatable bonds is 6. The maximum atomic E-state index is 12.7. The molecule has 2 aromatic carbocycles. The molecule has 0 aliphatic rings. The predicted octanol–water partition coefficient (Wildman–Crippen LogP) is 3.88. The van der Waals surface area contributed by atoms with Gasteiger partial charge < -0.3 is 9.47 Å². The number of ether oxygens (including phenoxy) is 2. The van der Waals surface area contributed by atoms with Crippen LogP contribution in [0.2, 0.25) is 0 Å². The van der Waals surface area contributed by atoms with E-state index < -0.39 is 10.0 Å². The van der Waals surface area contributed by atoms with Gasteiger partial charge in [0.15, 0.2) is 0 Å². The molecule has 27 heavy (non-hydrogen) atoms. The molecule has 140 valence electrons. The van der Waals surface area contributed by atoms with Crippen LogP contribution in [0.1, 0.15) is 5.56 Å². The van der Waals surface area contributed by atoms with Crippen molar-refractivity contribution in [1.29, 1.82) is 0 Å². The molecule has 0 aliphatic heterocycles. The molecule has 0 atom stereocenters. The Morgan fingerprint density at radius 3 is 2.48 bits per heavy atom. The average Bonchev–Trinajstić information content (AvgIpc) is 2.68. The van der Waals surface area contributed by atoms with Crippen LogP contribution in [0.5, 0.6) is 11.5 Å². The van der Waals surface area contributed by atoms with Crippen LogP contribution in [0.4, 0.5) is 5.69 Å². The average molecular weight is 384 g/mol. The van der Waals surface area contributed by atoms with Crippen molar-refractivity contribution in [2.45, 2.75) is 11.8 Å². The molecule has 0 saturated heterocycles. The molecule has 0 aliphatic carbocycles. The van der Waals surface area contributed by atoms with Gasteiger partial charge in [-0.05, 0) is 42.8 Å². The highest BCUT2D eigenvalue weighted by atomic mass is 32.2. The van der Waals surface area contributed by atoms with Gasteiger partial charge in [0.2, 0.25) is 0 Å². The van der Waals surface area contributed by atoms with E-state index in [4.69, 9.17) is 9.47 Å². The summed E-state index contributed by atoms with van der Waals surface area (Å²) in [5.74, 6) is 1.02. The van der Waals surface area contributed by atoms with E-state index in [0.29, 0.717) is 17.2 Å². The van der Waals surface area contributed by atoms with E-state index in [2.05, 4.69) is 9.71 Å². The SMILES string of the molecule is COc1cccc(S(=O)(=O)Nc2ccc(-c3cnccc3C)c(OC)c2)c1. The molecule has 0 bridgehead atoms. The van der Waals surface area contributed by atoms with E-state index in [-0.39, 0.29) is 4.90 Å². The second-order valence-corrected chi connectivity index (χ2v) is 7.57. The molecule has 0 radical (unpaired) electrons. The molecule has 7 heteroatoms. The second kappa shape index (κ2) is 7.67. The smallest absolute Gasteiger partial charge is 0.262 e. The molecular weight excluding hydrogens is 364 g/mol. The van der Waals surface area contributed by atoms with E-state index in [1.165, 1.54) is 19.2 Å². The number of aryl methyl sites for hydroxylation is 1. The third-order valence-electron chi connectivity index (χ3n) is 4.13. The normalized spacial score (nSPS) is 11.1. The molecule has 1 heterocycles. The number of pyridine rings is 1. The fraction of sp³-hybridized carbons (Fsp3) is 0.150. The summed E-state index contributed by atoms with van der Waals surface area (Å²) in [7, 11) is -0.719. The summed E-state index contributed by atoms with van der Waals surface area (Å²) in [4.78, 5) is 4.27. The third-order valence-corrected chi connectivity index (χ3v) is 5.51. The van der Waals surface area contributed by atoms with Gasteiger partial charge in [-0.3, -0.25) is 9.71 Å². The summed E-state index contributed by atoms with van der Waals surface area (Å²) in [6.45, 7) is 1.98. The summed E-state index contributed by atoms with van der Waals surface area (Å²) < 4.78 is 38.5. The summed E-state index contributed by atoms with van der Waals surface area (Å²) in [6.07, 6.45) is 3.48. The fourth-order valence-electron chi connectivity index (χ4n) is 2.71. The van der Waals surface area contributed by atoms with Gasteiger partial charge in [-0.25, -0.2) is 8.42 Å². The molecule has 0 amide bonds. The topological polar surface area (TPSA) is 77.5 Å². The Bertz CT molecular complexity index is 1070. The van der Waals surface area contributed by atoms with Gasteiger partial charge in [0.05, 0.1) is 24.8 Å². The Labute approximate surface area is 158 Å². The zero-order chi connectivity index (χ0) is 19.4. The van der Waals surface area contributed by atoms with E-state index in [1.807, 2.05) is 19.1 Å². The molecular formula is C20H20N2O4S. The quantitative estimate of drug-likeness (QED) is 0.698. The molecule has 0 unspecified atom stereocenters.